The Morgan fingerprint density at radius 1 is 1.19 bits per heavy atom. The number of dihydropyridines is 1. The second kappa shape index (κ2) is 9.94. The Labute approximate surface area is 193 Å². The monoisotopic (exact) mass is 457 g/mol. The second-order valence-electron chi connectivity index (χ2n) is 8.93. The molecule has 3 rings (SSSR count). The average molecular weight is 458 g/mol. The zero-order valence-electron chi connectivity index (χ0n) is 19.4. The van der Waals surface area contributed by atoms with Gasteiger partial charge in [0.1, 0.15) is 12.4 Å². The van der Waals surface area contributed by atoms with Gasteiger partial charge in [0.25, 0.3) is 0 Å². The molecule has 1 aromatic rings. The molecule has 0 unspecified atom stereocenters. The van der Waals surface area contributed by atoms with Crippen LogP contribution in [0.3, 0.4) is 0 Å². The summed E-state index contributed by atoms with van der Waals surface area (Å²) in [7, 11) is 0. The van der Waals surface area contributed by atoms with Crippen molar-refractivity contribution in [3.63, 3.8) is 0 Å². The zero-order chi connectivity index (χ0) is 23.5. The highest BCUT2D eigenvalue weighted by Gasteiger charge is 2.43. The maximum atomic E-state index is 13.3. The van der Waals surface area contributed by atoms with E-state index in [-0.39, 0.29) is 11.2 Å². The first-order valence-electron chi connectivity index (χ1n) is 10.9. The number of allylic oxidation sites excluding steroid dienone is 3. The van der Waals surface area contributed by atoms with Gasteiger partial charge in [0.2, 0.25) is 0 Å². The average Bonchev–Trinajstić information content (AvgIpc) is 2.69. The van der Waals surface area contributed by atoms with Crippen molar-refractivity contribution in [2.24, 2.45) is 5.41 Å². The lowest BCUT2D eigenvalue weighted by molar-refractivity contribution is -0.138. The van der Waals surface area contributed by atoms with Crippen molar-refractivity contribution < 1.29 is 23.9 Å². The van der Waals surface area contributed by atoms with Gasteiger partial charge in [0, 0.05) is 42.0 Å². The molecule has 0 saturated carbocycles. The summed E-state index contributed by atoms with van der Waals surface area (Å²) in [6.45, 7) is 9.73. The lowest BCUT2D eigenvalue weighted by Gasteiger charge is -2.39. The van der Waals surface area contributed by atoms with Gasteiger partial charge >= 0.3 is 11.9 Å². The van der Waals surface area contributed by atoms with Crippen LogP contribution in [0.5, 0.6) is 5.75 Å². The molecule has 0 fully saturated rings. The van der Waals surface area contributed by atoms with E-state index >= 15 is 0 Å². The summed E-state index contributed by atoms with van der Waals surface area (Å²) in [5.74, 6) is 0.805. The van der Waals surface area contributed by atoms with E-state index in [4.69, 9.17) is 9.47 Å². The number of esters is 2. The van der Waals surface area contributed by atoms with E-state index < -0.39 is 17.9 Å². The Hall–Kier alpha value is -2.54. The van der Waals surface area contributed by atoms with E-state index in [0.717, 1.165) is 29.2 Å². The Kier molecular flexibility index (Phi) is 7.49. The molecule has 0 radical (unpaired) electrons. The van der Waals surface area contributed by atoms with Gasteiger partial charge in [0.05, 0.1) is 5.57 Å². The molecule has 0 spiro atoms. The molecule has 1 atom stereocenters. The fourth-order valence-electron chi connectivity index (χ4n) is 4.35. The lowest BCUT2D eigenvalue weighted by Crippen LogP contribution is -2.38. The Bertz CT molecular complexity index is 975. The van der Waals surface area contributed by atoms with E-state index in [1.165, 1.54) is 6.92 Å². The number of ketones is 1. The number of carbonyl (C=O) groups is 3. The summed E-state index contributed by atoms with van der Waals surface area (Å²) in [5.41, 5.74) is 3.30. The molecular weight excluding hydrogens is 426 g/mol. The molecule has 0 saturated heterocycles. The molecule has 172 valence electrons. The number of rotatable bonds is 7. The third-order valence-electron chi connectivity index (χ3n) is 5.60. The van der Waals surface area contributed by atoms with Crippen LogP contribution in [0.4, 0.5) is 0 Å². The summed E-state index contributed by atoms with van der Waals surface area (Å²) < 4.78 is 10.7. The smallest absolute Gasteiger partial charge is 0.336 e. The van der Waals surface area contributed by atoms with Crippen LogP contribution in [-0.2, 0) is 19.1 Å². The number of Topliss-reactive ketones (excluding diaryl/α,β-unsaturated/α-hetero) is 1. The van der Waals surface area contributed by atoms with Crippen molar-refractivity contribution >= 4 is 29.5 Å². The molecule has 1 N–H and O–H groups in total. The second-order valence-corrected chi connectivity index (χ2v) is 10.3. The predicted octanol–water partition coefficient (Wildman–Crippen LogP) is 4.51. The van der Waals surface area contributed by atoms with Crippen LogP contribution in [0.1, 0.15) is 58.9 Å². The van der Waals surface area contributed by atoms with Gasteiger partial charge in [-0.3, -0.25) is 9.59 Å². The van der Waals surface area contributed by atoms with Gasteiger partial charge in [-0.15, -0.1) is 0 Å². The van der Waals surface area contributed by atoms with Gasteiger partial charge in [0.15, 0.2) is 5.78 Å². The van der Waals surface area contributed by atoms with Gasteiger partial charge < -0.3 is 14.8 Å². The van der Waals surface area contributed by atoms with Crippen molar-refractivity contribution in [3.8, 4) is 5.75 Å². The molecule has 1 heterocycles. The Balaban J connectivity index is 2.01. The standard InChI is InChI=1S/C25H31NO5S/c1-6-32-12-11-30-24(29)21-15(2)26-19-13-25(4,5)14-20(28)23(19)22(21)17-7-9-18(10-8-17)31-16(3)27/h7-10,22,26H,6,11-14H2,1-5H3/t22-/m0/s1. The minimum Gasteiger partial charge on any atom is -0.461 e. The third-order valence-corrected chi connectivity index (χ3v) is 6.46. The van der Waals surface area contributed by atoms with E-state index in [9.17, 15) is 14.4 Å². The first-order chi connectivity index (χ1) is 15.1. The SMILES string of the molecule is CCSCCOC(=O)C1=C(C)NC2=C(C(=O)CC(C)(C)C2)[C@H]1c1ccc(OC(C)=O)cc1. The number of nitrogens with one attached hydrogen (secondary N) is 1. The van der Waals surface area contributed by atoms with Gasteiger partial charge in [-0.2, -0.15) is 11.8 Å². The minimum atomic E-state index is -0.521. The van der Waals surface area contributed by atoms with Crippen LogP contribution in [0.2, 0.25) is 0 Å². The van der Waals surface area contributed by atoms with E-state index in [1.54, 1.807) is 36.0 Å². The summed E-state index contributed by atoms with van der Waals surface area (Å²) in [6, 6.07) is 6.98. The van der Waals surface area contributed by atoms with Crippen LogP contribution in [0.25, 0.3) is 0 Å². The highest BCUT2D eigenvalue weighted by molar-refractivity contribution is 7.99. The Morgan fingerprint density at radius 3 is 2.50 bits per heavy atom. The quantitative estimate of drug-likeness (QED) is 0.366. The van der Waals surface area contributed by atoms with Crippen LogP contribution >= 0.6 is 11.8 Å². The maximum Gasteiger partial charge on any atom is 0.336 e. The number of thioether (sulfide) groups is 1. The molecule has 0 bridgehead atoms. The summed E-state index contributed by atoms with van der Waals surface area (Å²) >= 11 is 1.71. The van der Waals surface area contributed by atoms with E-state index in [1.807, 2.05) is 6.92 Å². The molecule has 2 aliphatic rings. The van der Waals surface area contributed by atoms with Crippen molar-refractivity contribution in [2.75, 3.05) is 18.1 Å². The molecule has 0 amide bonds. The topological polar surface area (TPSA) is 81.7 Å². The summed E-state index contributed by atoms with van der Waals surface area (Å²) in [6.07, 6.45) is 1.15. The number of ether oxygens (including phenoxy) is 2. The molecule has 1 aliphatic carbocycles. The number of benzene rings is 1. The van der Waals surface area contributed by atoms with Crippen LogP contribution < -0.4 is 10.1 Å². The van der Waals surface area contributed by atoms with Crippen LogP contribution in [-0.4, -0.2) is 35.8 Å². The lowest BCUT2D eigenvalue weighted by atomic mass is 9.68. The zero-order valence-corrected chi connectivity index (χ0v) is 20.2. The fraction of sp³-hybridized carbons (Fsp3) is 0.480. The third kappa shape index (κ3) is 5.44. The molecule has 0 aromatic heterocycles. The van der Waals surface area contributed by atoms with Gasteiger partial charge in [-0.1, -0.05) is 32.9 Å². The van der Waals surface area contributed by atoms with Crippen molar-refractivity contribution in [1.82, 2.24) is 5.32 Å². The van der Waals surface area contributed by atoms with Gasteiger partial charge in [-0.05, 0) is 42.2 Å². The molecule has 7 heteroatoms. The summed E-state index contributed by atoms with van der Waals surface area (Å²) in [4.78, 5) is 37.7. The highest BCUT2D eigenvalue weighted by atomic mass is 32.2. The summed E-state index contributed by atoms with van der Waals surface area (Å²) in [5, 5.41) is 3.34. The van der Waals surface area contributed by atoms with E-state index in [2.05, 4.69) is 26.1 Å². The van der Waals surface area contributed by atoms with Crippen molar-refractivity contribution in [3.05, 3.63) is 52.4 Å². The van der Waals surface area contributed by atoms with E-state index in [0.29, 0.717) is 35.6 Å². The van der Waals surface area contributed by atoms with Crippen molar-refractivity contribution in [1.29, 1.82) is 0 Å². The molecule has 6 nitrogen and oxygen atoms in total. The normalized spacial score (nSPS) is 19.9. The molecule has 32 heavy (non-hydrogen) atoms. The minimum absolute atomic E-state index is 0.0390. The number of carbonyl (C=O) groups excluding carboxylic acids is 3. The number of hydrogen-bond acceptors (Lipinski definition) is 7. The first kappa shape index (κ1) is 24.1. The van der Waals surface area contributed by atoms with Crippen LogP contribution in [0.15, 0.2) is 46.8 Å². The van der Waals surface area contributed by atoms with Crippen LogP contribution in [0, 0.1) is 5.41 Å². The molecule has 1 aromatic carbocycles. The Morgan fingerprint density at radius 2 is 1.88 bits per heavy atom. The van der Waals surface area contributed by atoms with Crippen molar-refractivity contribution in [2.45, 2.75) is 53.4 Å². The predicted molar refractivity (Wildman–Crippen MR) is 125 cm³/mol. The highest BCUT2D eigenvalue weighted by Crippen LogP contribution is 2.46. The van der Waals surface area contributed by atoms with Gasteiger partial charge in [-0.25, -0.2) is 4.79 Å². The largest absolute Gasteiger partial charge is 0.461 e. The first-order valence-corrected chi connectivity index (χ1v) is 12.1. The molecular formula is C25H31NO5S. The maximum absolute atomic E-state index is 13.3. The fourth-order valence-corrected chi connectivity index (χ4v) is 4.84. The molecule has 1 aliphatic heterocycles. The number of hydrogen-bond donors (Lipinski definition) is 1.